The van der Waals surface area contributed by atoms with Gasteiger partial charge in [0.2, 0.25) is 0 Å². The summed E-state index contributed by atoms with van der Waals surface area (Å²) < 4.78 is 0. The fourth-order valence-electron chi connectivity index (χ4n) is 2.11. The third kappa shape index (κ3) is 2.34. The Kier molecular flexibility index (Phi) is 3.54. The van der Waals surface area contributed by atoms with E-state index in [1.165, 1.54) is 43.5 Å². The fourth-order valence-corrected chi connectivity index (χ4v) is 3.06. The maximum atomic E-state index is 8.98. The Hall–Kier alpha value is -0.410. The molecule has 3 heteroatoms. The monoisotopic (exact) mass is 211 g/mol. The Morgan fingerprint density at radius 2 is 2.00 bits per heavy atom. The average Bonchev–Trinajstić information content (AvgIpc) is 2.53. The van der Waals surface area contributed by atoms with Gasteiger partial charge in [-0.05, 0) is 12.8 Å². The number of nitrogens with zero attached hydrogens (tertiary/aromatic N) is 1. The van der Waals surface area contributed by atoms with E-state index < -0.39 is 0 Å². The van der Waals surface area contributed by atoms with Crippen LogP contribution in [-0.2, 0) is 6.61 Å². The van der Waals surface area contributed by atoms with Crippen LogP contribution in [0.3, 0.4) is 0 Å². The summed E-state index contributed by atoms with van der Waals surface area (Å²) in [4.78, 5) is 5.41. The zero-order valence-corrected chi connectivity index (χ0v) is 9.22. The van der Waals surface area contributed by atoms with Gasteiger partial charge in [0.25, 0.3) is 0 Å². The lowest BCUT2D eigenvalue weighted by Gasteiger charge is -2.09. The topological polar surface area (TPSA) is 33.1 Å². The summed E-state index contributed by atoms with van der Waals surface area (Å²) >= 11 is 1.69. The van der Waals surface area contributed by atoms with Gasteiger partial charge in [-0.25, -0.2) is 4.98 Å². The van der Waals surface area contributed by atoms with Crippen molar-refractivity contribution in [1.29, 1.82) is 0 Å². The molecule has 0 amide bonds. The van der Waals surface area contributed by atoms with Gasteiger partial charge in [0.1, 0.15) is 0 Å². The molecular formula is C11H17NOS. The first-order chi connectivity index (χ1) is 6.90. The van der Waals surface area contributed by atoms with Crippen molar-refractivity contribution < 1.29 is 5.11 Å². The molecule has 1 N–H and O–H groups in total. The van der Waals surface area contributed by atoms with Gasteiger partial charge < -0.3 is 5.11 Å². The van der Waals surface area contributed by atoms with Crippen molar-refractivity contribution >= 4 is 11.3 Å². The molecule has 1 aromatic heterocycles. The molecule has 0 aliphatic heterocycles. The molecule has 2 rings (SSSR count). The second-order valence-electron chi connectivity index (χ2n) is 4.01. The Balaban J connectivity index is 2.04. The van der Waals surface area contributed by atoms with Crippen LogP contribution in [-0.4, -0.2) is 10.1 Å². The highest BCUT2D eigenvalue weighted by molar-refractivity contribution is 7.11. The van der Waals surface area contributed by atoms with Gasteiger partial charge in [0, 0.05) is 12.1 Å². The lowest BCUT2D eigenvalue weighted by atomic mass is 10.0. The van der Waals surface area contributed by atoms with Crippen molar-refractivity contribution in [2.75, 3.05) is 0 Å². The van der Waals surface area contributed by atoms with Crippen molar-refractivity contribution in [1.82, 2.24) is 4.98 Å². The number of rotatable bonds is 2. The third-order valence-electron chi connectivity index (χ3n) is 2.93. The molecule has 1 heterocycles. The zero-order chi connectivity index (χ0) is 9.80. The first kappa shape index (κ1) is 10.1. The van der Waals surface area contributed by atoms with E-state index in [2.05, 4.69) is 4.98 Å². The van der Waals surface area contributed by atoms with E-state index in [-0.39, 0.29) is 6.61 Å². The molecule has 0 spiro atoms. The summed E-state index contributed by atoms with van der Waals surface area (Å²) in [6.07, 6.45) is 9.86. The molecule has 1 fully saturated rings. The molecule has 1 aliphatic carbocycles. The summed E-state index contributed by atoms with van der Waals surface area (Å²) in [7, 11) is 0. The first-order valence-electron chi connectivity index (χ1n) is 5.45. The van der Waals surface area contributed by atoms with E-state index in [0.717, 1.165) is 4.88 Å². The van der Waals surface area contributed by atoms with Crippen molar-refractivity contribution in [3.63, 3.8) is 0 Å². The lowest BCUT2D eigenvalue weighted by molar-refractivity contribution is 0.285. The van der Waals surface area contributed by atoms with Crippen LogP contribution in [0.15, 0.2) is 6.20 Å². The van der Waals surface area contributed by atoms with Gasteiger partial charge in [-0.2, -0.15) is 0 Å². The fraction of sp³-hybridized carbons (Fsp3) is 0.727. The third-order valence-corrected chi connectivity index (χ3v) is 4.08. The lowest BCUT2D eigenvalue weighted by Crippen LogP contribution is -1.95. The van der Waals surface area contributed by atoms with Crippen molar-refractivity contribution in [2.45, 2.75) is 51.0 Å². The summed E-state index contributed by atoms with van der Waals surface area (Å²) in [5, 5.41) is 10.2. The summed E-state index contributed by atoms with van der Waals surface area (Å²) in [6.45, 7) is 0.143. The molecular weight excluding hydrogens is 194 g/mol. The normalized spacial score (nSPS) is 19.5. The van der Waals surface area contributed by atoms with Gasteiger partial charge in [-0.3, -0.25) is 0 Å². The largest absolute Gasteiger partial charge is 0.391 e. The van der Waals surface area contributed by atoms with Gasteiger partial charge in [0.05, 0.1) is 16.5 Å². The van der Waals surface area contributed by atoms with Crippen LogP contribution in [0.2, 0.25) is 0 Å². The molecule has 14 heavy (non-hydrogen) atoms. The average molecular weight is 211 g/mol. The minimum atomic E-state index is 0.143. The molecule has 0 unspecified atom stereocenters. The Labute approximate surface area is 89.0 Å². The highest BCUT2D eigenvalue weighted by Gasteiger charge is 2.17. The van der Waals surface area contributed by atoms with Crippen LogP contribution < -0.4 is 0 Å². The Morgan fingerprint density at radius 3 is 2.57 bits per heavy atom. The van der Waals surface area contributed by atoms with E-state index in [1.54, 1.807) is 11.3 Å². The molecule has 0 saturated heterocycles. The zero-order valence-electron chi connectivity index (χ0n) is 8.41. The number of aromatic nitrogens is 1. The van der Waals surface area contributed by atoms with Crippen LogP contribution in [0, 0.1) is 0 Å². The number of thiazole rings is 1. The van der Waals surface area contributed by atoms with E-state index in [1.807, 2.05) is 6.20 Å². The number of aliphatic hydroxyl groups excluding tert-OH is 1. The van der Waals surface area contributed by atoms with Crippen molar-refractivity contribution in [3.8, 4) is 0 Å². The maximum Gasteiger partial charge on any atom is 0.0959 e. The molecule has 78 valence electrons. The van der Waals surface area contributed by atoms with Crippen LogP contribution >= 0.6 is 11.3 Å². The Morgan fingerprint density at radius 1 is 1.29 bits per heavy atom. The minimum absolute atomic E-state index is 0.143. The van der Waals surface area contributed by atoms with Crippen molar-refractivity contribution in [2.24, 2.45) is 0 Å². The predicted molar refractivity (Wildman–Crippen MR) is 58.5 cm³/mol. The van der Waals surface area contributed by atoms with E-state index in [4.69, 9.17) is 5.11 Å². The number of hydrogen-bond acceptors (Lipinski definition) is 3. The van der Waals surface area contributed by atoms with Crippen LogP contribution in [0.4, 0.5) is 0 Å². The number of aliphatic hydroxyl groups is 1. The van der Waals surface area contributed by atoms with Gasteiger partial charge in [-0.1, -0.05) is 25.7 Å². The second kappa shape index (κ2) is 4.89. The minimum Gasteiger partial charge on any atom is -0.391 e. The van der Waals surface area contributed by atoms with Crippen LogP contribution in [0.5, 0.6) is 0 Å². The smallest absolute Gasteiger partial charge is 0.0959 e. The molecule has 1 saturated carbocycles. The predicted octanol–water partition coefficient (Wildman–Crippen LogP) is 3.07. The van der Waals surface area contributed by atoms with Gasteiger partial charge >= 0.3 is 0 Å². The van der Waals surface area contributed by atoms with E-state index in [0.29, 0.717) is 5.92 Å². The van der Waals surface area contributed by atoms with E-state index in [9.17, 15) is 0 Å². The molecule has 1 aliphatic rings. The van der Waals surface area contributed by atoms with E-state index >= 15 is 0 Å². The van der Waals surface area contributed by atoms with Crippen LogP contribution in [0.1, 0.15) is 54.3 Å². The Bertz CT molecular complexity index is 277. The molecule has 0 bridgehead atoms. The quantitative estimate of drug-likeness (QED) is 0.763. The molecule has 0 atom stereocenters. The summed E-state index contributed by atoms with van der Waals surface area (Å²) in [5.41, 5.74) is 0. The number of hydrogen-bond donors (Lipinski definition) is 1. The second-order valence-corrected chi connectivity index (χ2v) is 5.16. The van der Waals surface area contributed by atoms with Crippen molar-refractivity contribution in [3.05, 3.63) is 16.1 Å². The van der Waals surface area contributed by atoms with Gasteiger partial charge in [-0.15, -0.1) is 11.3 Å². The highest BCUT2D eigenvalue weighted by Crippen LogP contribution is 2.33. The standard InChI is InChI=1S/C11H17NOS/c13-8-10-7-12-11(14-10)9-5-3-1-2-4-6-9/h7,9,13H,1-6,8H2. The first-order valence-corrected chi connectivity index (χ1v) is 6.27. The summed E-state index contributed by atoms with van der Waals surface area (Å²) in [6, 6.07) is 0. The summed E-state index contributed by atoms with van der Waals surface area (Å²) in [5.74, 6) is 0.669. The highest BCUT2D eigenvalue weighted by atomic mass is 32.1. The molecule has 0 aromatic carbocycles. The SMILES string of the molecule is OCc1cnc(C2CCCCCC2)s1. The van der Waals surface area contributed by atoms with Crippen LogP contribution in [0.25, 0.3) is 0 Å². The maximum absolute atomic E-state index is 8.98. The molecule has 0 radical (unpaired) electrons. The molecule has 1 aromatic rings. The molecule has 2 nitrogen and oxygen atoms in total. The van der Waals surface area contributed by atoms with Gasteiger partial charge in [0.15, 0.2) is 0 Å².